The average molecular weight is 202 g/mol. The van der Waals surface area contributed by atoms with Crippen molar-refractivity contribution in [2.45, 2.75) is 12.8 Å². The van der Waals surface area contributed by atoms with Gasteiger partial charge in [0.05, 0.1) is 19.2 Å². The summed E-state index contributed by atoms with van der Waals surface area (Å²) >= 11 is 0. The van der Waals surface area contributed by atoms with Crippen LogP contribution in [-0.4, -0.2) is 13.1 Å². The van der Waals surface area contributed by atoms with Crippen molar-refractivity contribution in [3.8, 4) is 24.5 Å². The molecule has 76 valence electrons. The summed E-state index contributed by atoms with van der Waals surface area (Å²) in [6, 6.07) is 3.55. The van der Waals surface area contributed by atoms with Gasteiger partial charge < -0.3 is 4.74 Å². The number of methoxy groups -OCH3 is 1. The number of hydrogen-bond donors (Lipinski definition) is 0. The van der Waals surface area contributed by atoms with Crippen LogP contribution >= 0.6 is 0 Å². The van der Waals surface area contributed by atoms with Gasteiger partial charge in [0.1, 0.15) is 0 Å². The Kier molecular flexibility index (Phi) is 2.98. The van der Waals surface area contributed by atoms with Gasteiger partial charge in [-0.15, -0.1) is 6.42 Å². The van der Waals surface area contributed by atoms with Gasteiger partial charge in [0.15, 0.2) is 11.3 Å². The number of carbonyl (C=O) groups excluding carboxylic acids is 1. The first-order valence-electron chi connectivity index (χ1n) is 4.52. The quantitative estimate of drug-likeness (QED) is 0.502. The van der Waals surface area contributed by atoms with Crippen LogP contribution < -0.4 is 0 Å². The Balaban J connectivity index is 3.18. The Morgan fingerprint density at radius 1 is 1.53 bits per heavy atom. The van der Waals surface area contributed by atoms with E-state index in [0.29, 0.717) is 0 Å². The summed E-state index contributed by atoms with van der Waals surface area (Å²) in [7, 11) is 1.21. The van der Waals surface area contributed by atoms with E-state index in [1.165, 1.54) is 7.11 Å². The molecule has 0 bridgehead atoms. The normalized spacial score (nSPS) is 18.1. The number of rotatable bonds is 3. The molecular weight excluding hydrogens is 192 g/mol. The van der Waals surface area contributed by atoms with E-state index in [2.05, 4.69) is 10.7 Å². The van der Waals surface area contributed by atoms with Crippen molar-refractivity contribution in [2.24, 2.45) is 17.3 Å². The SMILES string of the molecule is C#C[C@](C(=O)OC)(C(C#N)C#N)C1CC1. The molecule has 4 nitrogen and oxygen atoms in total. The fraction of sp³-hybridized carbons (Fsp3) is 0.545. The topological polar surface area (TPSA) is 73.9 Å². The van der Waals surface area contributed by atoms with Crippen LogP contribution in [0.5, 0.6) is 0 Å². The van der Waals surface area contributed by atoms with Gasteiger partial charge >= 0.3 is 5.97 Å². The first-order chi connectivity index (χ1) is 7.17. The summed E-state index contributed by atoms with van der Waals surface area (Å²) in [5.74, 6) is 0.424. The second-order valence-corrected chi connectivity index (χ2v) is 3.47. The number of terminal acetylenes is 1. The zero-order chi connectivity index (χ0) is 11.5. The van der Waals surface area contributed by atoms with Gasteiger partial charge in [0.25, 0.3) is 0 Å². The second kappa shape index (κ2) is 4.03. The van der Waals surface area contributed by atoms with E-state index < -0.39 is 17.3 Å². The van der Waals surface area contributed by atoms with E-state index in [0.717, 1.165) is 12.8 Å². The zero-order valence-corrected chi connectivity index (χ0v) is 8.36. The summed E-state index contributed by atoms with van der Waals surface area (Å²) in [4.78, 5) is 11.6. The molecule has 0 amide bonds. The Morgan fingerprint density at radius 2 is 2.07 bits per heavy atom. The van der Waals surface area contributed by atoms with Gasteiger partial charge in [-0.2, -0.15) is 10.5 Å². The number of hydrogen-bond acceptors (Lipinski definition) is 4. The predicted octanol–water partition coefficient (Wildman–Crippen LogP) is 0.852. The molecule has 0 aromatic carbocycles. The van der Waals surface area contributed by atoms with Crippen molar-refractivity contribution in [2.75, 3.05) is 7.11 Å². The van der Waals surface area contributed by atoms with Gasteiger partial charge in [-0.05, 0) is 18.8 Å². The molecule has 15 heavy (non-hydrogen) atoms. The van der Waals surface area contributed by atoms with Crippen molar-refractivity contribution in [3.63, 3.8) is 0 Å². The van der Waals surface area contributed by atoms with Crippen molar-refractivity contribution in [3.05, 3.63) is 0 Å². The van der Waals surface area contributed by atoms with Crippen LogP contribution in [0.25, 0.3) is 0 Å². The molecule has 4 heteroatoms. The van der Waals surface area contributed by atoms with E-state index in [1.54, 1.807) is 12.1 Å². The van der Waals surface area contributed by atoms with Crippen LogP contribution in [0, 0.1) is 52.3 Å². The number of ether oxygens (including phenoxy) is 1. The zero-order valence-electron chi connectivity index (χ0n) is 8.36. The standard InChI is InChI=1S/C11H10N2O2/c1-3-11(8-4-5-8,10(14)15-2)9(6-12)7-13/h1,8-9H,4-5H2,2H3/t11-/m1/s1. The highest BCUT2D eigenvalue weighted by molar-refractivity contribution is 5.83. The van der Waals surface area contributed by atoms with E-state index in [-0.39, 0.29) is 5.92 Å². The molecule has 0 spiro atoms. The molecule has 0 aromatic rings. The molecular formula is C11H10N2O2. The third-order valence-corrected chi connectivity index (χ3v) is 2.70. The van der Waals surface area contributed by atoms with Gasteiger partial charge in [0.2, 0.25) is 0 Å². The lowest BCUT2D eigenvalue weighted by atomic mass is 9.73. The highest BCUT2D eigenvalue weighted by Crippen LogP contribution is 2.50. The van der Waals surface area contributed by atoms with Crippen LogP contribution in [0.2, 0.25) is 0 Å². The van der Waals surface area contributed by atoms with E-state index in [4.69, 9.17) is 16.9 Å². The minimum absolute atomic E-state index is 0.0979. The minimum Gasteiger partial charge on any atom is -0.468 e. The number of nitrogens with zero attached hydrogens (tertiary/aromatic N) is 2. The maximum absolute atomic E-state index is 11.6. The van der Waals surface area contributed by atoms with Gasteiger partial charge in [-0.25, -0.2) is 0 Å². The molecule has 1 atom stereocenters. The molecule has 1 fully saturated rings. The smallest absolute Gasteiger partial charge is 0.326 e. The molecule has 1 saturated carbocycles. The number of esters is 1. The molecule has 0 unspecified atom stereocenters. The van der Waals surface area contributed by atoms with Crippen LogP contribution in [-0.2, 0) is 9.53 Å². The largest absolute Gasteiger partial charge is 0.468 e. The lowest BCUT2D eigenvalue weighted by molar-refractivity contribution is -0.151. The predicted molar refractivity (Wildman–Crippen MR) is 50.7 cm³/mol. The summed E-state index contributed by atoms with van der Waals surface area (Å²) in [6.45, 7) is 0. The van der Waals surface area contributed by atoms with Crippen LogP contribution in [0.3, 0.4) is 0 Å². The van der Waals surface area contributed by atoms with Crippen molar-refractivity contribution < 1.29 is 9.53 Å². The highest BCUT2D eigenvalue weighted by atomic mass is 16.5. The number of nitriles is 2. The fourth-order valence-electron chi connectivity index (χ4n) is 1.72. The van der Waals surface area contributed by atoms with Crippen molar-refractivity contribution >= 4 is 5.97 Å². The third-order valence-electron chi connectivity index (χ3n) is 2.70. The Bertz CT molecular complexity index is 378. The molecule has 1 rings (SSSR count). The molecule has 0 N–H and O–H groups in total. The fourth-order valence-corrected chi connectivity index (χ4v) is 1.72. The van der Waals surface area contributed by atoms with Crippen molar-refractivity contribution in [1.82, 2.24) is 0 Å². The monoisotopic (exact) mass is 202 g/mol. The summed E-state index contributed by atoms with van der Waals surface area (Å²) < 4.78 is 4.61. The lowest BCUT2D eigenvalue weighted by Crippen LogP contribution is -2.39. The molecule has 0 radical (unpaired) electrons. The highest BCUT2D eigenvalue weighted by Gasteiger charge is 2.56. The minimum atomic E-state index is -1.38. The van der Waals surface area contributed by atoms with Crippen molar-refractivity contribution in [1.29, 1.82) is 10.5 Å². The molecule has 0 heterocycles. The van der Waals surface area contributed by atoms with Gasteiger partial charge in [-0.1, -0.05) is 5.92 Å². The lowest BCUT2D eigenvalue weighted by Gasteiger charge is -2.25. The van der Waals surface area contributed by atoms with Crippen LogP contribution in [0.15, 0.2) is 0 Å². The average Bonchev–Trinajstić information content (AvgIpc) is 3.09. The van der Waals surface area contributed by atoms with Gasteiger partial charge in [0, 0.05) is 0 Å². The summed E-state index contributed by atoms with van der Waals surface area (Å²) in [6.07, 6.45) is 6.85. The summed E-state index contributed by atoms with van der Waals surface area (Å²) in [5, 5.41) is 17.7. The second-order valence-electron chi connectivity index (χ2n) is 3.47. The maximum atomic E-state index is 11.6. The first-order valence-corrected chi connectivity index (χ1v) is 4.52. The molecule has 1 aliphatic rings. The van der Waals surface area contributed by atoms with E-state index in [1.807, 2.05) is 0 Å². The first kappa shape index (κ1) is 11.1. The maximum Gasteiger partial charge on any atom is 0.326 e. The van der Waals surface area contributed by atoms with Gasteiger partial charge in [-0.3, -0.25) is 4.79 Å². The number of carbonyl (C=O) groups is 1. The van der Waals surface area contributed by atoms with Crippen LogP contribution in [0.4, 0.5) is 0 Å². The summed E-state index contributed by atoms with van der Waals surface area (Å²) in [5.41, 5.74) is -1.38. The van der Waals surface area contributed by atoms with E-state index >= 15 is 0 Å². The molecule has 1 aliphatic carbocycles. The molecule has 0 aliphatic heterocycles. The Hall–Kier alpha value is -1.99. The molecule has 0 saturated heterocycles. The third kappa shape index (κ3) is 1.53. The Morgan fingerprint density at radius 3 is 2.33 bits per heavy atom. The van der Waals surface area contributed by atoms with Crippen LogP contribution in [0.1, 0.15) is 12.8 Å². The molecule has 0 aromatic heterocycles. The Labute approximate surface area is 88.4 Å². The van der Waals surface area contributed by atoms with E-state index in [9.17, 15) is 4.79 Å².